The third kappa shape index (κ3) is 3.02. The molecule has 2 rings (SSSR count). The second-order valence-corrected chi connectivity index (χ2v) is 8.18. The fourth-order valence-corrected chi connectivity index (χ4v) is 3.06. The van der Waals surface area contributed by atoms with Gasteiger partial charge in [0.25, 0.3) is 0 Å². The van der Waals surface area contributed by atoms with Crippen molar-refractivity contribution >= 4 is 37.9 Å². The molecule has 0 radical (unpaired) electrons. The van der Waals surface area contributed by atoms with Gasteiger partial charge in [-0.05, 0) is 38.1 Å². The van der Waals surface area contributed by atoms with E-state index in [4.69, 9.17) is 18.0 Å². The molecule has 1 heterocycles. The van der Waals surface area contributed by atoms with Gasteiger partial charge in [0.2, 0.25) is 0 Å². The van der Waals surface area contributed by atoms with Crippen LogP contribution in [-0.4, -0.2) is 29.0 Å². The molecule has 0 aliphatic rings. The maximum atomic E-state index is 11.9. The van der Waals surface area contributed by atoms with Crippen LogP contribution in [0, 0.1) is 0 Å². The Morgan fingerprint density at radius 2 is 2.05 bits per heavy atom. The average molecular weight is 310 g/mol. The molecule has 0 atom stereocenters. The van der Waals surface area contributed by atoms with Crippen molar-refractivity contribution in [2.24, 2.45) is 5.73 Å². The Morgan fingerprint density at radius 1 is 1.35 bits per heavy atom. The Balaban J connectivity index is 2.27. The molecule has 0 fully saturated rings. The van der Waals surface area contributed by atoms with E-state index < -0.39 is 9.84 Å². The van der Waals surface area contributed by atoms with Gasteiger partial charge in [-0.2, -0.15) is 0 Å². The summed E-state index contributed by atoms with van der Waals surface area (Å²) in [7, 11) is -3.03. The van der Waals surface area contributed by atoms with Gasteiger partial charge in [0.15, 0.2) is 9.84 Å². The first-order valence-corrected chi connectivity index (χ1v) is 8.54. The van der Waals surface area contributed by atoms with Crippen LogP contribution in [0.5, 0.6) is 0 Å². The van der Waals surface area contributed by atoms with Crippen LogP contribution < -0.4 is 5.73 Å². The summed E-state index contributed by atoms with van der Waals surface area (Å²) in [6.45, 7) is 3.87. The molecule has 2 N–H and O–H groups in total. The van der Waals surface area contributed by atoms with Crippen molar-refractivity contribution in [3.05, 3.63) is 36.0 Å². The van der Waals surface area contributed by atoms with Crippen LogP contribution in [0.25, 0.3) is 10.9 Å². The van der Waals surface area contributed by atoms with Gasteiger partial charge in [-0.3, -0.25) is 0 Å². The maximum Gasteiger partial charge on any atom is 0.154 e. The molecule has 4 nitrogen and oxygen atoms in total. The van der Waals surface area contributed by atoms with Crippen molar-refractivity contribution in [1.29, 1.82) is 0 Å². The zero-order chi connectivity index (χ0) is 14.9. The number of benzene rings is 1. The van der Waals surface area contributed by atoms with Gasteiger partial charge < -0.3 is 10.3 Å². The molecule has 20 heavy (non-hydrogen) atoms. The first-order valence-electron chi connectivity index (χ1n) is 6.41. The number of rotatable bonds is 5. The highest BCUT2D eigenvalue weighted by Gasteiger charge is 2.16. The topological polar surface area (TPSA) is 65.1 Å². The molecule has 108 valence electrons. The summed E-state index contributed by atoms with van der Waals surface area (Å²) in [5.41, 5.74) is 7.42. The molecule has 0 saturated heterocycles. The number of hydrogen-bond donors (Lipinski definition) is 1. The Hall–Kier alpha value is -1.40. The summed E-state index contributed by atoms with van der Waals surface area (Å²) in [5, 5.41) is 0.669. The number of aryl methyl sites for hydroxylation is 1. The minimum Gasteiger partial charge on any atom is -0.389 e. The molecule has 0 unspecified atom stereocenters. The summed E-state index contributed by atoms with van der Waals surface area (Å²) in [4.78, 5) is 0.363. The predicted molar refractivity (Wildman–Crippen MR) is 86.7 cm³/mol. The summed E-state index contributed by atoms with van der Waals surface area (Å²) >= 11 is 4.95. The monoisotopic (exact) mass is 310 g/mol. The lowest BCUT2D eigenvalue weighted by atomic mass is 10.1. The largest absolute Gasteiger partial charge is 0.389 e. The van der Waals surface area contributed by atoms with Crippen molar-refractivity contribution in [2.75, 3.05) is 5.75 Å². The number of aromatic nitrogens is 1. The zero-order valence-electron chi connectivity index (χ0n) is 11.5. The SMILES string of the molecule is CC(C)S(=O)(=O)CCn1ccc2cc(C(N)=S)ccc21. The van der Waals surface area contributed by atoms with E-state index in [1.807, 2.05) is 35.0 Å². The summed E-state index contributed by atoms with van der Waals surface area (Å²) in [6.07, 6.45) is 1.89. The van der Waals surface area contributed by atoms with E-state index in [-0.39, 0.29) is 11.0 Å². The number of sulfone groups is 1. The second-order valence-electron chi connectivity index (χ2n) is 5.06. The smallest absolute Gasteiger partial charge is 0.154 e. The standard InChI is InChI=1S/C14H18N2O2S2/c1-10(2)20(17,18)8-7-16-6-5-11-9-12(14(15)19)3-4-13(11)16/h3-6,9-10H,7-8H2,1-2H3,(H2,15,19). The van der Waals surface area contributed by atoms with Crippen molar-refractivity contribution in [1.82, 2.24) is 4.57 Å². The highest BCUT2D eigenvalue weighted by Crippen LogP contribution is 2.18. The number of thiocarbonyl (C=S) groups is 1. The van der Waals surface area contributed by atoms with Gasteiger partial charge in [0, 0.05) is 29.2 Å². The van der Waals surface area contributed by atoms with Gasteiger partial charge in [-0.15, -0.1) is 0 Å². The van der Waals surface area contributed by atoms with Crippen molar-refractivity contribution in [2.45, 2.75) is 25.6 Å². The van der Waals surface area contributed by atoms with Gasteiger partial charge in [0.1, 0.15) is 4.99 Å². The molecule has 0 aliphatic carbocycles. The van der Waals surface area contributed by atoms with Crippen LogP contribution in [0.4, 0.5) is 0 Å². The van der Waals surface area contributed by atoms with E-state index in [1.54, 1.807) is 13.8 Å². The van der Waals surface area contributed by atoms with Gasteiger partial charge >= 0.3 is 0 Å². The lowest BCUT2D eigenvalue weighted by molar-refractivity contribution is 0.581. The van der Waals surface area contributed by atoms with Crippen molar-refractivity contribution < 1.29 is 8.42 Å². The maximum absolute atomic E-state index is 11.9. The first-order chi connectivity index (χ1) is 9.31. The molecule has 1 aromatic heterocycles. The van der Waals surface area contributed by atoms with E-state index >= 15 is 0 Å². The summed E-state index contributed by atoms with van der Waals surface area (Å²) in [5.74, 6) is 0.144. The van der Waals surface area contributed by atoms with Gasteiger partial charge in [-0.1, -0.05) is 12.2 Å². The molecule has 0 spiro atoms. The van der Waals surface area contributed by atoms with E-state index in [0.717, 1.165) is 16.5 Å². The minimum atomic E-state index is -3.03. The molecule has 6 heteroatoms. The van der Waals surface area contributed by atoms with Gasteiger partial charge in [-0.25, -0.2) is 8.42 Å². The van der Waals surface area contributed by atoms with E-state index in [2.05, 4.69) is 0 Å². The third-order valence-corrected chi connectivity index (χ3v) is 5.81. The Labute approximate surface area is 124 Å². The lowest BCUT2D eigenvalue weighted by Crippen LogP contribution is -2.20. The first kappa shape index (κ1) is 15.0. The van der Waals surface area contributed by atoms with Crippen molar-refractivity contribution in [3.63, 3.8) is 0 Å². The number of hydrogen-bond acceptors (Lipinski definition) is 3. The number of nitrogens with zero attached hydrogens (tertiary/aromatic N) is 1. The molecule has 0 amide bonds. The lowest BCUT2D eigenvalue weighted by Gasteiger charge is -2.09. The van der Waals surface area contributed by atoms with Crippen molar-refractivity contribution in [3.8, 4) is 0 Å². The Morgan fingerprint density at radius 3 is 2.65 bits per heavy atom. The highest BCUT2D eigenvalue weighted by atomic mass is 32.2. The molecule has 2 aromatic rings. The van der Waals surface area contributed by atoms with Gasteiger partial charge in [0.05, 0.1) is 11.0 Å². The van der Waals surface area contributed by atoms with Crippen LogP contribution in [-0.2, 0) is 16.4 Å². The van der Waals surface area contributed by atoms with Crippen LogP contribution in [0.15, 0.2) is 30.5 Å². The molecule has 0 aliphatic heterocycles. The molecular weight excluding hydrogens is 292 g/mol. The normalized spacial score (nSPS) is 12.2. The van der Waals surface area contributed by atoms with E-state index in [9.17, 15) is 8.42 Å². The highest BCUT2D eigenvalue weighted by molar-refractivity contribution is 7.91. The van der Waals surface area contributed by atoms with E-state index in [0.29, 0.717) is 11.5 Å². The van der Waals surface area contributed by atoms with Crippen LogP contribution in [0.1, 0.15) is 19.4 Å². The average Bonchev–Trinajstić information content (AvgIpc) is 2.78. The molecule has 1 aromatic carbocycles. The Bertz CT molecular complexity index is 746. The third-order valence-electron chi connectivity index (χ3n) is 3.39. The van der Waals surface area contributed by atoms with Crippen LogP contribution in [0.2, 0.25) is 0 Å². The Kier molecular flexibility index (Phi) is 4.15. The fraction of sp³-hybridized carbons (Fsp3) is 0.357. The zero-order valence-corrected chi connectivity index (χ0v) is 13.2. The van der Waals surface area contributed by atoms with Crippen LogP contribution in [0.3, 0.4) is 0 Å². The van der Waals surface area contributed by atoms with Crippen LogP contribution >= 0.6 is 12.2 Å². The quantitative estimate of drug-likeness (QED) is 0.859. The molecule has 0 bridgehead atoms. The predicted octanol–water partition coefficient (Wildman–Crippen LogP) is 2.10. The second kappa shape index (κ2) is 5.54. The molecular formula is C14H18N2O2S2. The summed E-state index contributed by atoms with van der Waals surface area (Å²) < 4.78 is 25.7. The fourth-order valence-electron chi connectivity index (χ4n) is 2.01. The molecule has 0 saturated carbocycles. The minimum absolute atomic E-state index is 0.144. The summed E-state index contributed by atoms with van der Waals surface area (Å²) in [6, 6.07) is 7.65. The number of fused-ring (bicyclic) bond motifs is 1. The van der Waals surface area contributed by atoms with E-state index in [1.165, 1.54) is 0 Å². The number of nitrogens with two attached hydrogens (primary N) is 1.